The van der Waals surface area contributed by atoms with Crippen LogP contribution in [0.15, 0.2) is 36.4 Å². The lowest BCUT2D eigenvalue weighted by atomic mass is 10.0. The summed E-state index contributed by atoms with van der Waals surface area (Å²) in [6, 6.07) is 8.83. The molecule has 33 heavy (non-hydrogen) atoms. The summed E-state index contributed by atoms with van der Waals surface area (Å²) < 4.78 is 29.9. The van der Waals surface area contributed by atoms with Gasteiger partial charge in [-0.25, -0.2) is 4.98 Å². The molecule has 1 fully saturated rings. The van der Waals surface area contributed by atoms with Crippen LogP contribution >= 0.6 is 11.6 Å². The average molecular weight is 477 g/mol. The minimum absolute atomic E-state index is 0.0545. The molecule has 0 bridgehead atoms. The number of halogens is 3. The van der Waals surface area contributed by atoms with Gasteiger partial charge in [0.1, 0.15) is 11.9 Å². The van der Waals surface area contributed by atoms with Crippen molar-refractivity contribution >= 4 is 34.4 Å². The van der Waals surface area contributed by atoms with E-state index in [1.165, 1.54) is 0 Å². The predicted octanol–water partition coefficient (Wildman–Crippen LogP) is 4.47. The normalized spacial score (nSPS) is 14.8. The zero-order valence-corrected chi connectivity index (χ0v) is 18.7. The van der Waals surface area contributed by atoms with E-state index in [1.807, 2.05) is 0 Å². The summed E-state index contributed by atoms with van der Waals surface area (Å²) in [5.41, 5.74) is 2.69. The van der Waals surface area contributed by atoms with Crippen molar-refractivity contribution in [3.8, 4) is 0 Å². The number of hydrogen-bond donors (Lipinski definition) is 2. The first-order chi connectivity index (χ1) is 15.8. The summed E-state index contributed by atoms with van der Waals surface area (Å²) in [5.74, 6) is -0.292. The second-order valence-electron chi connectivity index (χ2n) is 7.93. The molecular formula is C23H23ClF2N4O3. The molecule has 3 aromatic rings. The van der Waals surface area contributed by atoms with Crippen LogP contribution in [0.1, 0.15) is 51.0 Å². The van der Waals surface area contributed by atoms with Crippen LogP contribution in [-0.2, 0) is 4.74 Å². The third kappa shape index (κ3) is 5.31. The summed E-state index contributed by atoms with van der Waals surface area (Å²) in [6.07, 6.45) is 1.97. The number of fused-ring (bicyclic) bond motifs is 1. The summed E-state index contributed by atoms with van der Waals surface area (Å²) in [7, 11) is 0. The molecule has 1 aliphatic heterocycles. The van der Waals surface area contributed by atoms with E-state index in [2.05, 4.69) is 20.0 Å². The molecule has 174 valence electrons. The maximum atomic E-state index is 12.9. The Bertz CT molecular complexity index is 1180. The molecule has 2 heterocycles. The number of nitrogens with zero attached hydrogens (tertiary/aromatic N) is 2. The molecule has 4 rings (SSSR count). The van der Waals surface area contributed by atoms with Crippen LogP contribution in [0.5, 0.6) is 0 Å². The standard InChI is InChI=1S/C23H23ClF2N4O3/c1-13-10-14(4-6-16(13)22(32)30-8-2-3-9-30)21(31)29-19(12-33-23(25)26)20-27-17-7-5-15(24)11-18(17)28-20/h4-7,10-11,19,23H,2-3,8-9,12H2,1H3,(H,27,28)(H,29,31). The van der Waals surface area contributed by atoms with Gasteiger partial charge in [-0.15, -0.1) is 0 Å². The molecule has 0 spiro atoms. The first-order valence-electron chi connectivity index (χ1n) is 10.6. The largest absolute Gasteiger partial charge is 0.345 e. The fourth-order valence-corrected chi connectivity index (χ4v) is 4.07. The number of carbonyl (C=O) groups excluding carboxylic acids is 2. The van der Waals surface area contributed by atoms with Crippen LogP contribution in [0, 0.1) is 6.92 Å². The molecule has 1 atom stereocenters. The summed E-state index contributed by atoms with van der Waals surface area (Å²) in [5, 5.41) is 3.18. The Morgan fingerprint density at radius 2 is 1.97 bits per heavy atom. The van der Waals surface area contributed by atoms with E-state index >= 15 is 0 Å². The SMILES string of the molecule is Cc1cc(C(=O)NC(COC(F)F)c2nc3ccc(Cl)cc3[nH]2)ccc1C(=O)N1CCCC1. The third-order valence-electron chi connectivity index (χ3n) is 5.60. The molecular weight excluding hydrogens is 454 g/mol. The van der Waals surface area contributed by atoms with Gasteiger partial charge in [0, 0.05) is 29.2 Å². The van der Waals surface area contributed by atoms with E-state index in [4.69, 9.17) is 11.6 Å². The highest BCUT2D eigenvalue weighted by Crippen LogP contribution is 2.22. The van der Waals surface area contributed by atoms with E-state index < -0.39 is 25.2 Å². The quantitative estimate of drug-likeness (QED) is 0.526. The number of imidazole rings is 1. The van der Waals surface area contributed by atoms with Crippen LogP contribution < -0.4 is 5.32 Å². The number of carbonyl (C=O) groups is 2. The monoisotopic (exact) mass is 476 g/mol. The van der Waals surface area contributed by atoms with Crippen molar-refractivity contribution in [1.29, 1.82) is 0 Å². The molecule has 10 heteroatoms. The number of aryl methyl sites for hydroxylation is 1. The number of aromatic nitrogens is 2. The van der Waals surface area contributed by atoms with Crippen molar-refractivity contribution in [2.75, 3.05) is 19.7 Å². The Morgan fingerprint density at radius 1 is 1.21 bits per heavy atom. The molecule has 0 radical (unpaired) electrons. The molecule has 0 aliphatic carbocycles. The molecule has 2 N–H and O–H groups in total. The molecule has 1 unspecified atom stereocenters. The Kier molecular flexibility index (Phi) is 6.90. The van der Waals surface area contributed by atoms with Gasteiger partial charge in [0.25, 0.3) is 11.8 Å². The van der Waals surface area contributed by atoms with E-state index in [0.717, 1.165) is 25.9 Å². The Balaban J connectivity index is 1.54. The number of amides is 2. The smallest absolute Gasteiger partial charge is 0.340 e. The minimum Gasteiger partial charge on any atom is -0.340 e. The lowest BCUT2D eigenvalue weighted by molar-refractivity contribution is -0.134. The number of nitrogens with one attached hydrogen (secondary N) is 2. The van der Waals surface area contributed by atoms with Crippen LogP contribution in [-0.4, -0.2) is 53.0 Å². The Labute approximate surface area is 194 Å². The summed E-state index contributed by atoms with van der Waals surface area (Å²) in [6.45, 7) is -0.257. The highest BCUT2D eigenvalue weighted by atomic mass is 35.5. The third-order valence-corrected chi connectivity index (χ3v) is 5.83. The van der Waals surface area contributed by atoms with Gasteiger partial charge in [-0.2, -0.15) is 8.78 Å². The number of aromatic amines is 1. The summed E-state index contributed by atoms with van der Waals surface area (Å²) in [4.78, 5) is 34.8. The van der Waals surface area contributed by atoms with Crippen molar-refractivity contribution in [2.24, 2.45) is 0 Å². The zero-order chi connectivity index (χ0) is 23.5. The van der Waals surface area contributed by atoms with Crippen LogP contribution in [0.25, 0.3) is 11.0 Å². The van der Waals surface area contributed by atoms with Gasteiger partial charge in [0.2, 0.25) is 0 Å². The first kappa shape index (κ1) is 23.1. The average Bonchev–Trinajstić information content (AvgIpc) is 3.45. The number of alkyl halides is 2. The predicted molar refractivity (Wildman–Crippen MR) is 120 cm³/mol. The molecule has 1 aliphatic rings. The number of likely N-dealkylation sites (tertiary alicyclic amines) is 1. The second-order valence-corrected chi connectivity index (χ2v) is 8.37. The molecule has 2 aromatic carbocycles. The number of rotatable bonds is 7. The van der Waals surface area contributed by atoms with Gasteiger partial charge in [0.15, 0.2) is 0 Å². The van der Waals surface area contributed by atoms with Crippen molar-refractivity contribution in [2.45, 2.75) is 32.4 Å². The lowest BCUT2D eigenvalue weighted by Gasteiger charge is -2.19. The van der Waals surface area contributed by atoms with Gasteiger partial charge in [-0.05, 0) is 61.7 Å². The fraction of sp³-hybridized carbons (Fsp3) is 0.348. The lowest BCUT2D eigenvalue weighted by Crippen LogP contribution is -2.33. The van der Waals surface area contributed by atoms with Crippen molar-refractivity contribution in [3.63, 3.8) is 0 Å². The maximum Gasteiger partial charge on any atom is 0.345 e. The topological polar surface area (TPSA) is 87.3 Å². The highest BCUT2D eigenvalue weighted by Gasteiger charge is 2.24. The highest BCUT2D eigenvalue weighted by molar-refractivity contribution is 6.31. The maximum absolute atomic E-state index is 12.9. The van der Waals surface area contributed by atoms with Crippen LogP contribution in [0.4, 0.5) is 8.78 Å². The number of H-pyrrole nitrogens is 1. The number of hydrogen-bond acceptors (Lipinski definition) is 4. The Morgan fingerprint density at radius 3 is 2.67 bits per heavy atom. The zero-order valence-electron chi connectivity index (χ0n) is 17.9. The minimum atomic E-state index is -3.00. The van der Waals surface area contributed by atoms with Gasteiger partial charge < -0.3 is 19.9 Å². The fourth-order valence-electron chi connectivity index (χ4n) is 3.90. The van der Waals surface area contributed by atoms with Crippen LogP contribution in [0.2, 0.25) is 5.02 Å². The molecule has 7 nitrogen and oxygen atoms in total. The van der Waals surface area contributed by atoms with Crippen LogP contribution in [0.3, 0.4) is 0 Å². The van der Waals surface area contributed by atoms with E-state index in [9.17, 15) is 18.4 Å². The van der Waals surface area contributed by atoms with E-state index in [0.29, 0.717) is 32.7 Å². The summed E-state index contributed by atoms with van der Waals surface area (Å²) >= 11 is 6.00. The van der Waals surface area contributed by atoms with E-state index in [-0.39, 0.29) is 11.7 Å². The molecule has 1 saturated heterocycles. The molecule has 1 aromatic heterocycles. The second kappa shape index (κ2) is 9.84. The van der Waals surface area contributed by atoms with Crippen molar-refractivity contribution < 1.29 is 23.1 Å². The van der Waals surface area contributed by atoms with Gasteiger partial charge in [0.05, 0.1) is 17.6 Å². The number of ether oxygens (including phenoxy) is 1. The van der Waals surface area contributed by atoms with Gasteiger partial charge >= 0.3 is 6.61 Å². The van der Waals surface area contributed by atoms with E-state index in [1.54, 1.807) is 48.2 Å². The van der Waals surface area contributed by atoms with Crippen molar-refractivity contribution in [3.05, 3.63) is 63.9 Å². The molecule has 0 saturated carbocycles. The molecule has 2 amide bonds. The van der Waals surface area contributed by atoms with Gasteiger partial charge in [-0.3, -0.25) is 9.59 Å². The van der Waals surface area contributed by atoms with Crippen molar-refractivity contribution in [1.82, 2.24) is 20.2 Å². The first-order valence-corrected chi connectivity index (χ1v) is 11.0. The van der Waals surface area contributed by atoms with Gasteiger partial charge in [-0.1, -0.05) is 11.6 Å². The Hall–Kier alpha value is -3.04. The number of benzene rings is 2.